The van der Waals surface area contributed by atoms with E-state index in [2.05, 4.69) is 0 Å². The maximum atomic E-state index is 12.2. The van der Waals surface area contributed by atoms with Crippen LogP contribution in [-0.2, 0) is 10.0 Å². The molecule has 0 aromatic heterocycles. The number of aliphatic hydroxyl groups is 1. The molecule has 0 saturated carbocycles. The number of hydrogen-bond donors (Lipinski definition) is 1. The van der Waals surface area contributed by atoms with Gasteiger partial charge in [-0.05, 0) is 12.1 Å². The maximum absolute atomic E-state index is 12.2. The van der Waals surface area contributed by atoms with Crippen molar-refractivity contribution < 1.29 is 23.0 Å². The predicted octanol–water partition coefficient (Wildman–Crippen LogP) is 0.317. The number of aliphatic hydroxyl groups excluding tert-OH is 1. The Kier molecular flexibility index (Phi) is 4.94. The number of ether oxygens (including phenoxy) is 2. The first-order valence-corrected chi connectivity index (χ1v) is 6.70. The fourth-order valence-corrected chi connectivity index (χ4v) is 2.71. The smallest absolute Gasteiger partial charge is 0.246 e. The second-order valence-corrected chi connectivity index (χ2v) is 5.58. The van der Waals surface area contributed by atoms with Crippen LogP contribution in [0.3, 0.4) is 0 Å². The molecule has 1 aromatic rings. The van der Waals surface area contributed by atoms with E-state index in [1.807, 2.05) is 0 Å². The third-order valence-corrected chi connectivity index (χ3v) is 4.37. The number of likely N-dealkylation sites (N-methyl/N-ethyl adjacent to an activating group) is 1. The topological polar surface area (TPSA) is 76.1 Å². The molecule has 18 heavy (non-hydrogen) atoms. The molecular weight excluding hydrogens is 258 g/mol. The van der Waals surface area contributed by atoms with Crippen LogP contribution in [0.2, 0.25) is 0 Å². The minimum Gasteiger partial charge on any atom is -0.497 e. The lowest BCUT2D eigenvalue weighted by Crippen LogP contribution is -2.29. The molecule has 0 aliphatic rings. The molecule has 0 aliphatic heterocycles. The molecule has 6 nitrogen and oxygen atoms in total. The van der Waals surface area contributed by atoms with Crippen molar-refractivity contribution in [2.24, 2.45) is 0 Å². The zero-order valence-corrected chi connectivity index (χ0v) is 11.4. The van der Waals surface area contributed by atoms with E-state index in [9.17, 15) is 8.42 Å². The largest absolute Gasteiger partial charge is 0.497 e. The van der Waals surface area contributed by atoms with E-state index < -0.39 is 10.0 Å². The fraction of sp³-hybridized carbons (Fsp3) is 0.455. The van der Waals surface area contributed by atoms with Crippen molar-refractivity contribution in [1.29, 1.82) is 0 Å². The minimum absolute atomic E-state index is 0.0253. The molecule has 1 N–H and O–H groups in total. The molecule has 0 atom stereocenters. The highest BCUT2D eigenvalue weighted by atomic mass is 32.2. The molecule has 0 heterocycles. The van der Waals surface area contributed by atoms with Gasteiger partial charge in [0, 0.05) is 19.7 Å². The van der Waals surface area contributed by atoms with E-state index in [0.717, 1.165) is 4.31 Å². The van der Waals surface area contributed by atoms with Gasteiger partial charge in [-0.2, -0.15) is 4.31 Å². The Morgan fingerprint density at radius 2 is 1.94 bits per heavy atom. The average Bonchev–Trinajstić information content (AvgIpc) is 2.38. The van der Waals surface area contributed by atoms with Crippen LogP contribution in [0.5, 0.6) is 11.5 Å². The Bertz CT molecular complexity index is 500. The van der Waals surface area contributed by atoms with E-state index in [1.165, 1.54) is 33.4 Å². The number of rotatable bonds is 6. The quantitative estimate of drug-likeness (QED) is 0.809. The lowest BCUT2D eigenvalue weighted by molar-refractivity contribution is 0.266. The van der Waals surface area contributed by atoms with Crippen LogP contribution in [0.1, 0.15) is 0 Å². The van der Waals surface area contributed by atoms with Crippen LogP contribution in [0.4, 0.5) is 0 Å². The Morgan fingerprint density at radius 3 is 2.44 bits per heavy atom. The lowest BCUT2D eigenvalue weighted by atomic mass is 10.3. The lowest BCUT2D eigenvalue weighted by Gasteiger charge is -2.18. The van der Waals surface area contributed by atoms with E-state index >= 15 is 0 Å². The number of hydrogen-bond acceptors (Lipinski definition) is 5. The van der Waals surface area contributed by atoms with Gasteiger partial charge >= 0.3 is 0 Å². The third kappa shape index (κ3) is 2.92. The van der Waals surface area contributed by atoms with Gasteiger partial charge in [0.2, 0.25) is 10.0 Å². The first kappa shape index (κ1) is 14.7. The molecule has 0 unspecified atom stereocenters. The van der Waals surface area contributed by atoms with Crippen LogP contribution in [0.25, 0.3) is 0 Å². The predicted molar refractivity (Wildman–Crippen MR) is 66.4 cm³/mol. The molecule has 0 amide bonds. The number of benzene rings is 1. The number of nitrogens with zero attached hydrogens (tertiary/aromatic N) is 1. The summed E-state index contributed by atoms with van der Waals surface area (Å²) >= 11 is 0. The zero-order chi connectivity index (χ0) is 13.8. The van der Waals surface area contributed by atoms with Gasteiger partial charge in [0.05, 0.1) is 20.8 Å². The highest BCUT2D eigenvalue weighted by molar-refractivity contribution is 7.89. The van der Waals surface area contributed by atoms with E-state index in [4.69, 9.17) is 14.6 Å². The Hall–Kier alpha value is -1.31. The maximum Gasteiger partial charge on any atom is 0.246 e. The Balaban J connectivity index is 3.23. The first-order chi connectivity index (χ1) is 8.47. The van der Waals surface area contributed by atoms with Crippen LogP contribution in [0, 0.1) is 0 Å². The van der Waals surface area contributed by atoms with Gasteiger partial charge in [-0.1, -0.05) is 0 Å². The SMILES string of the molecule is COc1ccc(S(=O)(=O)N(C)CCO)c(OC)c1. The highest BCUT2D eigenvalue weighted by Gasteiger charge is 2.24. The second-order valence-electron chi connectivity index (χ2n) is 3.57. The summed E-state index contributed by atoms with van der Waals surface area (Å²) in [6.45, 7) is -0.217. The van der Waals surface area contributed by atoms with Crippen molar-refractivity contribution in [2.75, 3.05) is 34.4 Å². The van der Waals surface area contributed by atoms with Crippen LogP contribution < -0.4 is 9.47 Å². The molecule has 0 radical (unpaired) electrons. The third-order valence-electron chi connectivity index (χ3n) is 2.47. The van der Waals surface area contributed by atoms with E-state index in [1.54, 1.807) is 6.07 Å². The van der Waals surface area contributed by atoms with Crippen molar-refractivity contribution in [3.8, 4) is 11.5 Å². The molecule has 0 bridgehead atoms. The van der Waals surface area contributed by atoms with Crippen LogP contribution >= 0.6 is 0 Å². The summed E-state index contributed by atoms with van der Waals surface area (Å²) in [6.07, 6.45) is 0. The van der Waals surface area contributed by atoms with Crippen molar-refractivity contribution in [2.45, 2.75) is 4.90 Å². The van der Waals surface area contributed by atoms with E-state index in [-0.39, 0.29) is 23.8 Å². The number of sulfonamides is 1. The summed E-state index contributed by atoms with van der Waals surface area (Å²) in [6, 6.07) is 4.46. The van der Waals surface area contributed by atoms with Crippen molar-refractivity contribution in [1.82, 2.24) is 4.31 Å². The number of methoxy groups -OCH3 is 2. The van der Waals surface area contributed by atoms with Gasteiger partial charge in [0.15, 0.2) is 0 Å². The Morgan fingerprint density at radius 1 is 1.28 bits per heavy atom. The normalized spacial score (nSPS) is 11.6. The van der Waals surface area contributed by atoms with Crippen molar-refractivity contribution in [3.63, 3.8) is 0 Å². The second kappa shape index (κ2) is 6.03. The standard InChI is InChI=1S/C11H17NO5S/c1-12(6-7-13)18(14,15)11-5-4-9(16-2)8-10(11)17-3/h4-5,8,13H,6-7H2,1-3H3. The van der Waals surface area contributed by atoms with Crippen LogP contribution in [0.15, 0.2) is 23.1 Å². The molecule has 0 fully saturated rings. The summed E-state index contributed by atoms with van der Waals surface area (Å²) in [5, 5.41) is 8.80. The zero-order valence-electron chi connectivity index (χ0n) is 10.6. The molecule has 1 rings (SSSR count). The highest BCUT2D eigenvalue weighted by Crippen LogP contribution is 2.29. The summed E-state index contributed by atoms with van der Waals surface area (Å²) in [4.78, 5) is 0.0433. The molecule has 0 saturated heterocycles. The first-order valence-electron chi connectivity index (χ1n) is 5.26. The van der Waals surface area contributed by atoms with Gasteiger partial charge in [0.25, 0.3) is 0 Å². The average molecular weight is 275 g/mol. The fourth-order valence-electron chi connectivity index (χ4n) is 1.42. The molecular formula is C11H17NO5S. The van der Waals surface area contributed by atoms with Gasteiger partial charge in [-0.3, -0.25) is 0 Å². The van der Waals surface area contributed by atoms with Crippen molar-refractivity contribution >= 4 is 10.0 Å². The molecule has 1 aromatic carbocycles. The van der Waals surface area contributed by atoms with E-state index in [0.29, 0.717) is 5.75 Å². The van der Waals surface area contributed by atoms with Gasteiger partial charge in [-0.25, -0.2) is 8.42 Å². The Labute approximate surface area is 107 Å². The summed E-state index contributed by atoms with van der Waals surface area (Å²) in [5.74, 6) is 0.717. The summed E-state index contributed by atoms with van der Waals surface area (Å²) in [5.41, 5.74) is 0. The molecule has 102 valence electrons. The molecule has 0 spiro atoms. The van der Waals surface area contributed by atoms with Gasteiger partial charge < -0.3 is 14.6 Å². The van der Waals surface area contributed by atoms with Crippen molar-refractivity contribution in [3.05, 3.63) is 18.2 Å². The van der Waals surface area contributed by atoms with Gasteiger partial charge in [-0.15, -0.1) is 0 Å². The minimum atomic E-state index is -3.68. The molecule has 0 aliphatic carbocycles. The summed E-state index contributed by atoms with van der Waals surface area (Å²) < 4.78 is 35.5. The van der Waals surface area contributed by atoms with Gasteiger partial charge in [0.1, 0.15) is 16.4 Å². The summed E-state index contributed by atoms with van der Waals surface area (Å²) in [7, 11) is 0.598. The molecule has 7 heteroatoms. The monoisotopic (exact) mass is 275 g/mol. The van der Waals surface area contributed by atoms with Crippen LogP contribution in [-0.4, -0.2) is 52.2 Å².